The molecule has 1 aliphatic heterocycles. The average Bonchev–Trinajstić information content (AvgIpc) is 3.39. The highest BCUT2D eigenvalue weighted by atomic mass is 19.3. The van der Waals surface area contributed by atoms with Crippen LogP contribution in [0.5, 0.6) is 0 Å². The zero-order valence-corrected chi connectivity index (χ0v) is 29.9. The second-order valence-electron chi connectivity index (χ2n) is 14.0. The van der Waals surface area contributed by atoms with Gasteiger partial charge >= 0.3 is 0 Å². The van der Waals surface area contributed by atoms with E-state index in [2.05, 4.69) is 81.4 Å². The molecule has 0 radical (unpaired) electrons. The van der Waals surface area contributed by atoms with Crippen molar-refractivity contribution in [3.63, 3.8) is 0 Å². The second-order valence-corrected chi connectivity index (χ2v) is 14.0. The molecule has 0 saturated carbocycles. The quantitative estimate of drug-likeness (QED) is 0.109. The van der Waals surface area contributed by atoms with Crippen molar-refractivity contribution in [1.82, 2.24) is 20.0 Å². The molecule has 2 aromatic carbocycles. The lowest BCUT2D eigenvalue weighted by Crippen LogP contribution is -2.39. The lowest BCUT2D eigenvalue weighted by Gasteiger charge is -2.25. The molecule has 3 heterocycles. The van der Waals surface area contributed by atoms with Gasteiger partial charge in [0.05, 0.1) is 30.3 Å². The number of aldehydes is 1. The Morgan fingerprint density at radius 2 is 1.90 bits per heavy atom. The Balaban J connectivity index is 0.000000686. The molecule has 1 saturated heterocycles. The molecule has 9 heteroatoms. The number of halogens is 2. The van der Waals surface area contributed by atoms with Crippen molar-refractivity contribution in [3.8, 4) is 22.4 Å². The maximum Gasteiger partial charge on any atom is 0.263 e. The Kier molecular flexibility index (Phi) is 13.3. The van der Waals surface area contributed by atoms with Crippen LogP contribution in [0.15, 0.2) is 67.6 Å². The Morgan fingerprint density at radius 3 is 2.49 bits per heavy atom. The summed E-state index contributed by atoms with van der Waals surface area (Å²) >= 11 is 0. The second kappa shape index (κ2) is 17.1. The minimum Gasteiger partial charge on any atom is -0.501 e. The molecule has 1 aliphatic rings. The predicted octanol–water partition coefficient (Wildman–Crippen LogP) is 8.47. The molecule has 5 rings (SSSR count). The minimum absolute atomic E-state index is 0.0904. The number of carbonyl (C=O) groups is 1. The van der Waals surface area contributed by atoms with Crippen LogP contribution in [0, 0.1) is 5.41 Å². The first-order chi connectivity index (χ1) is 23.4. The predicted molar refractivity (Wildman–Crippen MR) is 197 cm³/mol. The zero-order valence-electron chi connectivity index (χ0n) is 29.9. The summed E-state index contributed by atoms with van der Waals surface area (Å²) in [6.07, 6.45) is 4.90. The Labute approximate surface area is 290 Å². The maximum atomic E-state index is 13.9. The molecule has 0 spiro atoms. The van der Waals surface area contributed by atoms with Gasteiger partial charge in [-0.3, -0.25) is 10.4 Å². The lowest BCUT2D eigenvalue weighted by molar-refractivity contribution is -0.108. The molecule has 7 nitrogen and oxygen atoms in total. The fourth-order valence-electron chi connectivity index (χ4n) is 6.58. The first-order valence-electron chi connectivity index (χ1n) is 17.3. The smallest absolute Gasteiger partial charge is 0.263 e. The number of nitrogens with zero attached hydrogens (tertiary/aromatic N) is 3. The number of benzene rings is 2. The third-order valence-corrected chi connectivity index (χ3v) is 8.92. The van der Waals surface area contributed by atoms with Crippen LogP contribution < -0.4 is 11.2 Å². The van der Waals surface area contributed by atoms with Gasteiger partial charge in [0.15, 0.2) is 0 Å². The van der Waals surface area contributed by atoms with Crippen molar-refractivity contribution >= 4 is 17.2 Å². The van der Waals surface area contributed by atoms with E-state index in [0.29, 0.717) is 30.4 Å². The number of aryl methyl sites for hydroxylation is 1. The summed E-state index contributed by atoms with van der Waals surface area (Å²) in [6.45, 7) is 18.1. The number of alkyl halides is 2. The molecule has 0 amide bonds. The van der Waals surface area contributed by atoms with Crippen molar-refractivity contribution in [3.05, 3.63) is 90.0 Å². The molecular weight excluding hydrogens is 620 g/mol. The van der Waals surface area contributed by atoms with Crippen molar-refractivity contribution in [2.45, 2.75) is 85.2 Å². The van der Waals surface area contributed by atoms with E-state index in [1.165, 1.54) is 37.8 Å². The molecule has 264 valence electrons. The minimum atomic E-state index is -2.64. The van der Waals surface area contributed by atoms with Gasteiger partial charge in [0, 0.05) is 60.3 Å². The molecular formula is C40H53F2N5O2. The first-order valence-corrected chi connectivity index (χ1v) is 17.3. The summed E-state index contributed by atoms with van der Waals surface area (Å²) < 4.78 is 35.8. The summed E-state index contributed by atoms with van der Waals surface area (Å²) in [4.78, 5) is 16.0. The van der Waals surface area contributed by atoms with Gasteiger partial charge in [0.25, 0.3) is 6.43 Å². The number of hydrogen-bond donors (Lipinski definition) is 2. The number of pyridine rings is 1. The summed E-state index contributed by atoms with van der Waals surface area (Å²) in [7, 11) is 2.08. The SMILES string of the molecule is C=COCC(C)(C)Cc1c(-c2cccnc2C(C)C)n(CC)c2ccc(-c3cc(CC(N)C=O)cc(C(F)F)c3)cc12.CN1CCCCN1. The number of hydrogen-bond acceptors (Lipinski definition) is 6. The van der Waals surface area contributed by atoms with Gasteiger partial charge in [-0.2, -0.15) is 0 Å². The van der Waals surface area contributed by atoms with Crippen molar-refractivity contribution < 1.29 is 18.3 Å². The molecule has 4 aromatic rings. The number of ether oxygens (including phenoxy) is 1. The number of nitrogens with one attached hydrogen (secondary N) is 1. The van der Waals surface area contributed by atoms with E-state index in [9.17, 15) is 13.6 Å². The highest BCUT2D eigenvalue weighted by Gasteiger charge is 2.28. The topological polar surface area (TPSA) is 85.4 Å². The van der Waals surface area contributed by atoms with Crippen molar-refractivity contribution in [2.24, 2.45) is 11.1 Å². The number of carbonyl (C=O) groups excluding carboxylic acids is 1. The van der Waals surface area contributed by atoms with Crippen LogP contribution in [-0.4, -0.2) is 53.6 Å². The van der Waals surface area contributed by atoms with E-state index in [4.69, 9.17) is 15.5 Å². The molecule has 3 N–H and O–H groups in total. The van der Waals surface area contributed by atoms with E-state index in [-0.39, 0.29) is 23.3 Å². The van der Waals surface area contributed by atoms with Crippen LogP contribution in [-0.2, 0) is 28.9 Å². The number of nitrogens with two attached hydrogens (primary N) is 1. The molecule has 0 bridgehead atoms. The number of fused-ring (bicyclic) bond motifs is 1. The fraction of sp³-hybridized carbons (Fsp3) is 0.450. The van der Waals surface area contributed by atoms with Gasteiger partial charge < -0.3 is 19.8 Å². The van der Waals surface area contributed by atoms with Gasteiger partial charge in [-0.15, -0.1) is 0 Å². The summed E-state index contributed by atoms with van der Waals surface area (Å²) in [5.74, 6) is 0.221. The highest BCUT2D eigenvalue weighted by molar-refractivity contribution is 5.95. The van der Waals surface area contributed by atoms with Gasteiger partial charge in [0.1, 0.15) is 6.29 Å². The first kappa shape index (κ1) is 37.9. The standard InChI is InChI=1S/C35H41F2N3O2.C5H12N2/c1-7-40-31-12-11-24(25-14-23(16-27(38)20-41)15-26(17-25)34(36)37)18-29(31)30(19-35(5,6)21-42-8-2)33(40)28-10-9-13-39-32(28)22(3)4;1-7-5-3-2-4-6-7/h8-15,17-18,20,22,27,34H,2,7,16,19,21,38H2,1,3-6H3;6H,2-5H2,1H3. The molecule has 1 atom stereocenters. The van der Waals surface area contributed by atoms with Gasteiger partial charge in [0.2, 0.25) is 0 Å². The van der Waals surface area contributed by atoms with E-state index in [1.807, 2.05) is 24.4 Å². The summed E-state index contributed by atoms with van der Waals surface area (Å²) in [5.41, 5.74) is 16.3. The normalized spacial score (nSPS) is 14.5. The van der Waals surface area contributed by atoms with E-state index in [1.54, 1.807) is 0 Å². The molecule has 2 aromatic heterocycles. The Morgan fingerprint density at radius 1 is 1.12 bits per heavy atom. The van der Waals surface area contributed by atoms with E-state index < -0.39 is 12.5 Å². The van der Waals surface area contributed by atoms with Crippen LogP contribution >= 0.6 is 0 Å². The van der Waals surface area contributed by atoms with Crippen LogP contribution in [0.4, 0.5) is 8.78 Å². The largest absolute Gasteiger partial charge is 0.501 e. The van der Waals surface area contributed by atoms with Crippen LogP contribution in [0.25, 0.3) is 33.3 Å². The molecule has 49 heavy (non-hydrogen) atoms. The lowest BCUT2D eigenvalue weighted by atomic mass is 9.84. The maximum absolute atomic E-state index is 13.9. The monoisotopic (exact) mass is 673 g/mol. The van der Waals surface area contributed by atoms with E-state index in [0.717, 1.165) is 52.1 Å². The molecule has 0 aliphatic carbocycles. The number of aromatic nitrogens is 2. The molecule has 1 fully saturated rings. The van der Waals surface area contributed by atoms with Gasteiger partial charge in [-0.25, -0.2) is 13.8 Å². The summed E-state index contributed by atoms with van der Waals surface area (Å²) in [5, 5.41) is 3.20. The summed E-state index contributed by atoms with van der Waals surface area (Å²) in [6, 6.07) is 14.3. The Hall–Kier alpha value is -3.92. The fourth-order valence-corrected chi connectivity index (χ4v) is 6.58. The van der Waals surface area contributed by atoms with Crippen molar-refractivity contribution in [1.29, 1.82) is 0 Å². The average molecular weight is 674 g/mol. The zero-order chi connectivity index (χ0) is 35.7. The highest BCUT2D eigenvalue weighted by Crippen LogP contribution is 2.42. The molecule has 1 unspecified atom stereocenters. The van der Waals surface area contributed by atoms with Crippen molar-refractivity contribution in [2.75, 3.05) is 26.7 Å². The number of rotatable bonds is 13. The van der Waals surface area contributed by atoms with Gasteiger partial charge in [-0.1, -0.05) is 52.5 Å². The third-order valence-electron chi connectivity index (χ3n) is 8.92. The third kappa shape index (κ3) is 9.62. The van der Waals surface area contributed by atoms with E-state index >= 15 is 0 Å². The van der Waals surface area contributed by atoms with Crippen LogP contribution in [0.1, 0.15) is 82.2 Å². The number of hydrazine groups is 1. The van der Waals surface area contributed by atoms with Crippen LogP contribution in [0.2, 0.25) is 0 Å². The van der Waals surface area contributed by atoms with Crippen LogP contribution in [0.3, 0.4) is 0 Å². The Bertz CT molecular complexity index is 1710. The van der Waals surface area contributed by atoms with Gasteiger partial charge in [-0.05, 0) is 91.1 Å².